The highest BCUT2D eigenvalue weighted by Gasteiger charge is 2.21. The van der Waals surface area contributed by atoms with Gasteiger partial charge < -0.3 is 9.84 Å². The van der Waals surface area contributed by atoms with E-state index < -0.39 is 6.10 Å². The molecule has 1 N–H and O–H groups in total. The minimum absolute atomic E-state index is 0.322. The maximum atomic E-state index is 10.3. The highest BCUT2D eigenvalue weighted by molar-refractivity contribution is 5.27. The van der Waals surface area contributed by atoms with Crippen LogP contribution in [-0.2, 0) is 4.74 Å². The van der Waals surface area contributed by atoms with Gasteiger partial charge in [0.2, 0.25) is 0 Å². The summed E-state index contributed by atoms with van der Waals surface area (Å²) < 4.78 is 5.65. The van der Waals surface area contributed by atoms with Gasteiger partial charge in [0.25, 0.3) is 0 Å². The second-order valence-corrected chi connectivity index (χ2v) is 5.03. The molecule has 0 aliphatic carbocycles. The quantitative estimate of drug-likeness (QED) is 0.887. The Balaban J connectivity index is 1.95. The van der Waals surface area contributed by atoms with Crippen LogP contribution in [0.3, 0.4) is 0 Å². The molecule has 0 spiro atoms. The number of rotatable bonds is 4. The van der Waals surface area contributed by atoms with Crippen molar-refractivity contribution in [2.24, 2.45) is 0 Å². The first-order chi connectivity index (χ1) is 8.70. The van der Waals surface area contributed by atoms with E-state index in [0.717, 1.165) is 37.2 Å². The molecule has 1 saturated heterocycles. The number of morpholine rings is 1. The minimum Gasteiger partial charge on any atom is -0.387 e. The van der Waals surface area contributed by atoms with Crippen LogP contribution in [0.25, 0.3) is 0 Å². The van der Waals surface area contributed by atoms with Crippen LogP contribution < -0.4 is 0 Å². The molecule has 1 fully saturated rings. The fourth-order valence-corrected chi connectivity index (χ4v) is 2.50. The van der Waals surface area contributed by atoms with Crippen LogP contribution in [0.4, 0.5) is 0 Å². The Kier molecular flexibility index (Phi) is 4.75. The molecule has 0 amide bonds. The Bertz CT molecular complexity index is 381. The molecule has 2 atom stereocenters. The van der Waals surface area contributed by atoms with Crippen LogP contribution in [0.1, 0.15) is 30.6 Å². The Labute approximate surface area is 109 Å². The van der Waals surface area contributed by atoms with Gasteiger partial charge in [-0.05, 0) is 24.5 Å². The molecule has 100 valence electrons. The fraction of sp³-hybridized carbons (Fsp3) is 0.600. The average Bonchev–Trinajstić information content (AvgIpc) is 2.39. The predicted molar refractivity (Wildman–Crippen MR) is 72.6 cm³/mol. The van der Waals surface area contributed by atoms with Gasteiger partial charge in [-0.1, -0.05) is 31.2 Å². The zero-order chi connectivity index (χ0) is 13.0. The normalized spacial score (nSPS) is 22.9. The molecule has 2 unspecified atom stereocenters. The van der Waals surface area contributed by atoms with E-state index in [2.05, 4.69) is 11.8 Å². The molecular weight excluding hydrogens is 226 g/mol. The number of ether oxygens (including phenoxy) is 1. The summed E-state index contributed by atoms with van der Waals surface area (Å²) >= 11 is 0. The van der Waals surface area contributed by atoms with Crippen molar-refractivity contribution in [1.82, 2.24) is 4.90 Å². The summed E-state index contributed by atoms with van der Waals surface area (Å²) in [6.07, 6.45) is 0.960. The highest BCUT2D eigenvalue weighted by Crippen LogP contribution is 2.19. The standard InChI is InChI=1S/C15H23NO2/c1-3-13-10-16(8-9-18-13)11-15(17)14-7-5-4-6-12(14)2/h4-7,13,15,17H,3,8-11H2,1-2H3. The number of hydrogen-bond acceptors (Lipinski definition) is 3. The number of benzene rings is 1. The third kappa shape index (κ3) is 3.31. The van der Waals surface area contributed by atoms with E-state index in [-0.39, 0.29) is 0 Å². The van der Waals surface area contributed by atoms with E-state index in [0.29, 0.717) is 12.6 Å². The third-order valence-electron chi connectivity index (χ3n) is 3.66. The molecule has 0 aromatic heterocycles. The van der Waals surface area contributed by atoms with Gasteiger partial charge >= 0.3 is 0 Å². The van der Waals surface area contributed by atoms with Crippen molar-refractivity contribution in [2.75, 3.05) is 26.2 Å². The van der Waals surface area contributed by atoms with Crippen LogP contribution in [0.5, 0.6) is 0 Å². The van der Waals surface area contributed by atoms with Gasteiger partial charge in [0.15, 0.2) is 0 Å². The summed E-state index contributed by atoms with van der Waals surface area (Å²) in [5.74, 6) is 0. The lowest BCUT2D eigenvalue weighted by atomic mass is 10.0. The van der Waals surface area contributed by atoms with Crippen LogP contribution >= 0.6 is 0 Å². The van der Waals surface area contributed by atoms with Crippen molar-refractivity contribution in [1.29, 1.82) is 0 Å². The summed E-state index contributed by atoms with van der Waals surface area (Å²) in [7, 11) is 0. The summed E-state index contributed by atoms with van der Waals surface area (Å²) in [5, 5.41) is 10.3. The SMILES string of the molecule is CCC1CN(CC(O)c2ccccc2C)CCO1. The van der Waals surface area contributed by atoms with Gasteiger partial charge in [-0.2, -0.15) is 0 Å². The third-order valence-corrected chi connectivity index (χ3v) is 3.66. The average molecular weight is 249 g/mol. The lowest BCUT2D eigenvalue weighted by Gasteiger charge is -2.33. The molecule has 1 aromatic rings. The molecule has 0 bridgehead atoms. The van der Waals surface area contributed by atoms with Gasteiger partial charge in [-0.3, -0.25) is 4.90 Å². The van der Waals surface area contributed by atoms with Gasteiger partial charge in [0.05, 0.1) is 18.8 Å². The van der Waals surface area contributed by atoms with Crippen LogP contribution in [0, 0.1) is 6.92 Å². The summed E-state index contributed by atoms with van der Waals surface area (Å²) in [5.41, 5.74) is 2.20. The first-order valence-electron chi connectivity index (χ1n) is 6.78. The largest absolute Gasteiger partial charge is 0.387 e. The van der Waals surface area contributed by atoms with E-state index in [4.69, 9.17) is 4.74 Å². The van der Waals surface area contributed by atoms with E-state index in [1.807, 2.05) is 31.2 Å². The molecule has 18 heavy (non-hydrogen) atoms. The smallest absolute Gasteiger partial charge is 0.0919 e. The number of aliphatic hydroxyl groups is 1. The van der Waals surface area contributed by atoms with Crippen LogP contribution in [-0.4, -0.2) is 42.4 Å². The molecule has 1 aliphatic rings. The summed E-state index contributed by atoms with van der Waals surface area (Å²) in [6.45, 7) is 7.52. The molecule has 1 aliphatic heterocycles. The van der Waals surface area contributed by atoms with Crippen molar-refractivity contribution >= 4 is 0 Å². The number of β-amino-alcohol motifs (C(OH)–C–C–N with tert-alkyl or cyclic N) is 1. The second kappa shape index (κ2) is 6.32. The Morgan fingerprint density at radius 1 is 1.44 bits per heavy atom. The summed E-state index contributed by atoms with van der Waals surface area (Å²) in [4.78, 5) is 2.30. The van der Waals surface area contributed by atoms with Crippen LogP contribution in [0.2, 0.25) is 0 Å². The first-order valence-corrected chi connectivity index (χ1v) is 6.78. The molecule has 3 heteroatoms. The zero-order valence-corrected chi connectivity index (χ0v) is 11.3. The van der Waals surface area contributed by atoms with Crippen molar-refractivity contribution in [3.05, 3.63) is 35.4 Å². The fourth-order valence-electron chi connectivity index (χ4n) is 2.50. The van der Waals surface area contributed by atoms with Gasteiger partial charge in [0, 0.05) is 19.6 Å². The van der Waals surface area contributed by atoms with E-state index in [1.54, 1.807) is 0 Å². The Hall–Kier alpha value is -0.900. The molecule has 0 radical (unpaired) electrons. The molecule has 3 nitrogen and oxygen atoms in total. The molecule has 0 saturated carbocycles. The monoisotopic (exact) mass is 249 g/mol. The lowest BCUT2D eigenvalue weighted by molar-refractivity contribution is -0.0418. The zero-order valence-electron chi connectivity index (χ0n) is 11.3. The Morgan fingerprint density at radius 3 is 2.94 bits per heavy atom. The maximum absolute atomic E-state index is 10.3. The van der Waals surface area contributed by atoms with Gasteiger partial charge in [-0.15, -0.1) is 0 Å². The molecular formula is C15H23NO2. The lowest BCUT2D eigenvalue weighted by Crippen LogP contribution is -2.43. The molecule has 2 rings (SSSR count). The second-order valence-electron chi connectivity index (χ2n) is 5.03. The predicted octanol–water partition coefficient (Wildman–Crippen LogP) is 2.14. The number of hydrogen-bond donors (Lipinski definition) is 1. The van der Waals surface area contributed by atoms with E-state index in [9.17, 15) is 5.11 Å². The van der Waals surface area contributed by atoms with E-state index >= 15 is 0 Å². The van der Waals surface area contributed by atoms with Crippen molar-refractivity contribution in [3.8, 4) is 0 Å². The number of nitrogens with zero attached hydrogens (tertiary/aromatic N) is 1. The first kappa shape index (κ1) is 13.5. The number of aryl methyl sites for hydroxylation is 1. The summed E-state index contributed by atoms with van der Waals surface area (Å²) in [6, 6.07) is 8.05. The maximum Gasteiger partial charge on any atom is 0.0919 e. The van der Waals surface area contributed by atoms with E-state index in [1.165, 1.54) is 0 Å². The topological polar surface area (TPSA) is 32.7 Å². The minimum atomic E-state index is -0.401. The Morgan fingerprint density at radius 2 is 2.22 bits per heavy atom. The molecule has 1 aromatic carbocycles. The highest BCUT2D eigenvalue weighted by atomic mass is 16.5. The van der Waals surface area contributed by atoms with Crippen molar-refractivity contribution < 1.29 is 9.84 Å². The van der Waals surface area contributed by atoms with Crippen molar-refractivity contribution in [3.63, 3.8) is 0 Å². The van der Waals surface area contributed by atoms with Gasteiger partial charge in [0.1, 0.15) is 0 Å². The van der Waals surface area contributed by atoms with Gasteiger partial charge in [-0.25, -0.2) is 0 Å². The van der Waals surface area contributed by atoms with Crippen LogP contribution in [0.15, 0.2) is 24.3 Å². The molecule has 1 heterocycles. The van der Waals surface area contributed by atoms with Crippen molar-refractivity contribution in [2.45, 2.75) is 32.5 Å². The number of aliphatic hydroxyl groups excluding tert-OH is 1.